The molecule has 1 N–H and O–H groups in total. The molecule has 4 fully saturated rings. The maximum atomic E-state index is 12.4. The molecule has 0 saturated heterocycles. The molecule has 4 aliphatic rings. The van der Waals surface area contributed by atoms with E-state index in [1.807, 2.05) is 6.07 Å². The lowest BCUT2D eigenvalue weighted by Gasteiger charge is -2.57. The van der Waals surface area contributed by atoms with Crippen molar-refractivity contribution in [3.63, 3.8) is 0 Å². The number of hydrogen-bond donors (Lipinski definition) is 1. The highest BCUT2D eigenvalue weighted by molar-refractivity contribution is 7.85. The summed E-state index contributed by atoms with van der Waals surface area (Å²) in [5, 5.41) is 11.6. The molecule has 0 radical (unpaired) electrons. The molecule has 4 bridgehead atoms. The van der Waals surface area contributed by atoms with Crippen LogP contribution in [0.3, 0.4) is 0 Å². The SMILES string of the molecule is N#Cc1ccc(NC(=O)CS(=O)CCC23CC4CC(CC(C4)C2)C3)cc1. The number of nitrogens with one attached hydrogen (secondary N) is 1. The number of carbonyl (C=O) groups excluding carboxylic acids is 1. The topological polar surface area (TPSA) is 70.0 Å². The molecule has 4 nitrogen and oxygen atoms in total. The molecule has 1 aromatic carbocycles. The predicted octanol–water partition coefficient (Wildman–Crippen LogP) is 3.85. The quantitative estimate of drug-likeness (QED) is 0.827. The normalized spacial score (nSPS) is 32.8. The molecule has 4 saturated carbocycles. The van der Waals surface area contributed by atoms with Crippen LogP contribution in [0.1, 0.15) is 50.5 Å². The van der Waals surface area contributed by atoms with E-state index in [0.717, 1.165) is 24.2 Å². The summed E-state index contributed by atoms with van der Waals surface area (Å²) in [6.07, 6.45) is 9.28. The Morgan fingerprint density at radius 2 is 1.69 bits per heavy atom. The number of benzene rings is 1. The standard InChI is InChI=1S/C21H26N2O2S/c22-13-15-1-3-19(4-2-15)23-20(24)14-26(25)6-5-21-10-16-7-17(11-21)9-18(8-16)12-21/h1-4,16-18H,5-12,14H2,(H,23,24). The molecule has 1 unspecified atom stereocenters. The lowest BCUT2D eigenvalue weighted by Crippen LogP contribution is -2.46. The van der Waals surface area contributed by atoms with Crippen LogP contribution in [0.2, 0.25) is 0 Å². The second-order valence-electron chi connectivity index (χ2n) is 8.69. The highest BCUT2D eigenvalue weighted by Crippen LogP contribution is 2.61. The number of hydrogen-bond acceptors (Lipinski definition) is 3. The lowest BCUT2D eigenvalue weighted by atomic mass is 9.49. The number of nitriles is 1. The van der Waals surface area contributed by atoms with Crippen LogP contribution in [0.4, 0.5) is 5.69 Å². The van der Waals surface area contributed by atoms with Crippen molar-refractivity contribution < 1.29 is 9.00 Å². The third kappa shape index (κ3) is 3.86. The van der Waals surface area contributed by atoms with Crippen LogP contribution in [0, 0.1) is 34.5 Å². The van der Waals surface area contributed by atoms with Gasteiger partial charge in [0.15, 0.2) is 0 Å². The van der Waals surface area contributed by atoms with Crippen molar-refractivity contribution in [1.82, 2.24) is 0 Å². The van der Waals surface area contributed by atoms with Crippen LogP contribution >= 0.6 is 0 Å². The van der Waals surface area contributed by atoms with Crippen molar-refractivity contribution >= 4 is 22.4 Å². The van der Waals surface area contributed by atoms with Crippen molar-refractivity contribution in [1.29, 1.82) is 5.26 Å². The molecular weight excluding hydrogens is 344 g/mol. The van der Waals surface area contributed by atoms with E-state index in [0.29, 0.717) is 22.4 Å². The first-order valence-electron chi connectivity index (χ1n) is 9.69. The summed E-state index contributed by atoms with van der Waals surface area (Å²) in [5.74, 6) is 3.23. The zero-order valence-corrected chi connectivity index (χ0v) is 15.9. The molecule has 0 heterocycles. The number of nitrogens with zero attached hydrogens (tertiary/aromatic N) is 1. The van der Waals surface area contributed by atoms with Crippen molar-refractivity contribution in [3.05, 3.63) is 29.8 Å². The highest BCUT2D eigenvalue weighted by Gasteiger charge is 2.50. The summed E-state index contributed by atoms with van der Waals surface area (Å²) >= 11 is 0. The first-order valence-corrected chi connectivity index (χ1v) is 11.2. The molecule has 0 aromatic heterocycles. The van der Waals surface area contributed by atoms with Gasteiger partial charge in [-0.1, -0.05) is 0 Å². The molecule has 138 valence electrons. The van der Waals surface area contributed by atoms with Gasteiger partial charge in [-0.05, 0) is 92.4 Å². The van der Waals surface area contributed by atoms with Gasteiger partial charge < -0.3 is 5.32 Å². The van der Waals surface area contributed by atoms with Gasteiger partial charge >= 0.3 is 0 Å². The van der Waals surface area contributed by atoms with Crippen LogP contribution in [0.5, 0.6) is 0 Å². The zero-order valence-electron chi connectivity index (χ0n) is 15.1. The van der Waals surface area contributed by atoms with Crippen LogP contribution in [0.15, 0.2) is 24.3 Å². The van der Waals surface area contributed by atoms with Gasteiger partial charge in [0.1, 0.15) is 5.75 Å². The van der Waals surface area contributed by atoms with Gasteiger partial charge in [-0.3, -0.25) is 9.00 Å². The third-order valence-corrected chi connectivity index (χ3v) is 7.86. The Labute approximate surface area is 157 Å². The molecule has 1 aromatic rings. The van der Waals surface area contributed by atoms with E-state index >= 15 is 0 Å². The molecular formula is C21H26N2O2S. The Hall–Kier alpha value is -1.67. The average molecular weight is 371 g/mol. The van der Waals surface area contributed by atoms with Crippen LogP contribution in [0.25, 0.3) is 0 Å². The fourth-order valence-electron chi connectivity index (χ4n) is 5.97. The molecule has 5 rings (SSSR count). The van der Waals surface area contributed by atoms with Crippen molar-refractivity contribution in [2.75, 3.05) is 16.8 Å². The van der Waals surface area contributed by atoms with Crippen molar-refractivity contribution in [3.8, 4) is 6.07 Å². The van der Waals surface area contributed by atoms with Gasteiger partial charge in [0.05, 0.1) is 11.6 Å². The largest absolute Gasteiger partial charge is 0.325 e. The first kappa shape index (κ1) is 17.7. The van der Waals surface area contributed by atoms with Gasteiger partial charge in [0.25, 0.3) is 0 Å². The van der Waals surface area contributed by atoms with Crippen LogP contribution in [-0.4, -0.2) is 21.6 Å². The molecule has 1 amide bonds. The summed E-state index contributed by atoms with van der Waals surface area (Å²) in [5.41, 5.74) is 1.63. The number of carbonyl (C=O) groups is 1. The van der Waals surface area contributed by atoms with Crippen LogP contribution in [-0.2, 0) is 15.6 Å². The molecule has 1 atom stereocenters. The van der Waals surface area contributed by atoms with Crippen LogP contribution < -0.4 is 5.32 Å². The second-order valence-corrected chi connectivity index (χ2v) is 10.3. The Morgan fingerprint density at radius 1 is 1.12 bits per heavy atom. The number of rotatable bonds is 6. The zero-order chi connectivity index (χ0) is 18.1. The van der Waals surface area contributed by atoms with Gasteiger partial charge in [-0.25, -0.2) is 0 Å². The Morgan fingerprint density at radius 3 is 2.23 bits per heavy atom. The summed E-state index contributed by atoms with van der Waals surface area (Å²) in [6, 6.07) is 8.79. The highest BCUT2D eigenvalue weighted by atomic mass is 32.2. The van der Waals surface area contributed by atoms with Crippen molar-refractivity contribution in [2.24, 2.45) is 23.2 Å². The minimum atomic E-state index is -1.11. The number of anilines is 1. The third-order valence-electron chi connectivity index (χ3n) is 6.61. The summed E-state index contributed by atoms with van der Waals surface area (Å²) in [4.78, 5) is 12.1. The average Bonchev–Trinajstić information content (AvgIpc) is 2.59. The Balaban J connectivity index is 1.26. The van der Waals surface area contributed by atoms with E-state index < -0.39 is 10.8 Å². The second kappa shape index (κ2) is 7.15. The molecule has 0 spiro atoms. The molecule has 26 heavy (non-hydrogen) atoms. The maximum absolute atomic E-state index is 12.4. The van der Waals surface area contributed by atoms with Crippen molar-refractivity contribution in [2.45, 2.75) is 44.9 Å². The van der Waals surface area contributed by atoms with Gasteiger partial charge in [-0.15, -0.1) is 0 Å². The lowest BCUT2D eigenvalue weighted by molar-refractivity contribution is -0.113. The van der Waals surface area contributed by atoms with E-state index in [9.17, 15) is 9.00 Å². The van der Waals surface area contributed by atoms with E-state index in [2.05, 4.69) is 5.32 Å². The predicted molar refractivity (Wildman–Crippen MR) is 103 cm³/mol. The Kier molecular flexibility index (Phi) is 4.88. The number of amides is 1. The molecule has 5 heteroatoms. The van der Waals surface area contributed by atoms with Gasteiger partial charge in [-0.2, -0.15) is 5.26 Å². The van der Waals surface area contributed by atoms with Gasteiger partial charge in [0.2, 0.25) is 5.91 Å². The summed E-state index contributed by atoms with van der Waals surface area (Å²) in [6.45, 7) is 0. The fraction of sp³-hybridized carbons (Fsp3) is 0.619. The maximum Gasteiger partial charge on any atom is 0.236 e. The van der Waals surface area contributed by atoms with E-state index in [4.69, 9.17) is 5.26 Å². The Bertz CT molecular complexity index is 715. The molecule has 0 aliphatic heterocycles. The summed E-state index contributed by atoms with van der Waals surface area (Å²) in [7, 11) is -1.11. The minimum Gasteiger partial charge on any atom is -0.325 e. The fourth-order valence-corrected chi connectivity index (χ4v) is 7.14. The first-order chi connectivity index (χ1) is 12.5. The van der Waals surface area contributed by atoms with E-state index in [1.54, 1.807) is 24.3 Å². The monoisotopic (exact) mass is 370 g/mol. The smallest absolute Gasteiger partial charge is 0.236 e. The minimum absolute atomic E-state index is 0.0619. The van der Waals surface area contributed by atoms with Gasteiger partial charge in [0, 0.05) is 22.2 Å². The molecule has 4 aliphatic carbocycles. The van der Waals surface area contributed by atoms with E-state index in [1.165, 1.54) is 38.5 Å². The summed E-state index contributed by atoms with van der Waals surface area (Å²) < 4.78 is 12.4. The van der Waals surface area contributed by atoms with E-state index in [-0.39, 0.29) is 11.7 Å².